The molecular weight excluding hydrogens is 222 g/mol. The largest absolute Gasteiger partial charge is 0.385 e. The maximum absolute atomic E-state index is 11.7. The molecular formula is C11H21N3O3. The smallest absolute Gasteiger partial charge is 0.237 e. The number of hydrogen-bond acceptors (Lipinski definition) is 4. The summed E-state index contributed by atoms with van der Waals surface area (Å²) in [6.07, 6.45) is 1.67. The highest BCUT2D eigenvalue weighted by molar-refractivity contribution is 5.82. The normalized spacial score (nSPS) is 22.4. The molecule has 2 unspecified atom stereocenters. The van der Waals surface area contributed by atoms with Crippen molar-refractivity contribution >= 4 is 11.8 Å². The molecule has 0 aromatic carbocycles. The third-order valence-corrected chi connectivity index (χ3v) is 2.94. The van der Waals surface area contributed by atoms with E-state index in [1.807, 2.05) is 0 Å². The Bertz CT molecular complexity index is 283. The summed E-state index contributed by atoms with van der Waals surface area (Å²) in [6.45, 7) is 1.03. The minimum atomic E-state index is -0.544. The first-order chi connectivity index (χ1) is 8.04. The summed E-state index contributed by atoms with van der Waals surface area (Å²) in [5.41, 5.74) is 5.71. The first kappa shape index (κ1) is 13.9. The number of nitrogens with two attached hydrogens (primary N) is 1. The number of nitrogens with one attached hydrogen (secondary N) is 1. The van der Waals surface area contributed by atoms with Crippen LogP contribution in [0.2, 0.25) is 0 Å². The fraction of sp³-hybridized carbons (Fsp3) is 0.818. The molecule has 0 bridgehead atoms. The van der Waals surface area contributed by atoms with Crippen LogP contribution >= 0.6 is 0 Å². The molecule has 0 aromatic heterocycles. The number of ether oxygens (including phenoxy) is 1. The number of carbonyl (C=O) groups excluding carboxylic acids is 2. The van der Waals surface area contributed by atoms with Crippen LogP contribution in [0.3, 0.4) is 0 Å². The van der Waals surface area contributed by atoms with Crippen LogP contribution in [0, 0.1) is 0 Å². The van der Waals surface area contributed by atoms with Gasteiger partial charge in [0, 0.05) is 39.8 Å². The van der Waals surface area contributed by atoms with E-state index < -0.39 is 6.04 Å². The number of hydrogen-bond donors (Lipinski definition) is 2. The predicted molar refractivity (Wildman–Crippen MR) is 63.3 cm³/mol. The summed E-state index contributed by atoms with van der Waals surface area (Å²) in [4.78, 5) is 24.6. The molecule has 0 aliphatic carbocycles. The van der Waals surface area contributed by atoms with Gasteiger partial charge in [-0.25, -0.2) is 0 Å². The van der Waals surface area contributed by atoms with Crippen molar-refractivity contribution in [1.82, 2.24) is 10.2 Å². The Labute approximate surface area is 101 Å². The fourth-order valence-corrected chi connectivity index (χ4v) is 1.81. The molecule has 0 spiro atoms. The second-order valence-electron chi connectivity index (χ2n) is 4.41. The van der Waals surface area contributed by atoms with Crippen LogP contribution in [-0.2, 0) is 14.3 Å². The van der Waals surface area contributed by atoms with Crippen LogP contribution in [0.25, 0.3) is 0 Å². The van der Waals surface area contributed by atoms with Gasteiger partial charge in [-0.05, 0) is 12.8 Å². The van der Waals surface area contributed by atoms with Crippen LogP contribution in [0.4, 0.5) is 0 Å². The molecule has 1 heterocycles. The number of likely N-dealkylation sites (N-methyl/N-ethyl adjacent to an activating group) is 1. The molecule has 0 radical (unpaired) electrons. The van der Waals surface area contributed by atoms with Gasteiger partial charge in [0.25, 0.3) is 0 Å². The van der Waals surface area contributed by atoms with Gasteiger partial charge in [-0.3, -0.25) is 9.59 Å². The van der Waals surface area contributed by atoms with Gasteiger partial charge < -0.3 is 20.7 Å². The SMILES string of the molecule is COCCC(N)C(=O)NC1CCC(=O)N(C)C1. The number of piperidine rings is 1. The summed E-state index contributed by atoms with van der Waals surface area (Å²) in [7, 11) is 3.32. The molecule has 3 N–H and O–H groups in total. The summed E-state index contributed by atoms with van der Waals surface area (Å²) in [6, 6.07) is -0.531. The molecule has 0 aromatic rings. The van der Waals surface area contributed by atoms with Crippen molar-refractivity contribution < 1.29 is 14.3 Å². The van der Waals surface area contributed by atoms with E-state index in [0.717, 1.165) is 0 Å². The second-order valence-corrected chi connectivity index (χ2v) is 4.41. The Hall–Kier alpha value is -1.14. The van der Waals surface area contributed by atoms with Crippen molar-refractivity contribution in [2.75, 3.05) is 27.3 Å². The molecule has 1 aliphatic heterocycles. The highest BCUT2D eigenvalue weighted by Crippen LogP contribution is 2.09. The van der Waals surface area contributed by atoms with E-state index in [-0.39, 0.29) is 17.9 Å². The maximum Gasteiger partial charge on any atom is 0.237 e. The lowest BCUT2D eigenvalue weighted by atomic mass is 10.0. The molecule has 17 heavy (non-hydrogen) atoms. The summed E-state index contributed by atoms with van der Waals surface area (Å²) < 4.78 is 4.87. The van der Waals surface area contributed by atoms with E-state index >= 15 is 0 Å². The zero-order chi connectivity index (χ0) is 12.8. The Morgan fingerprint density at radius 1 is 1.71 bits per heavy atom. The van der Waals surface area contributed by atoms with Gasteiger partial charge in [0.2, 0.25) is 11.8 Å². The van der Waals surface area contributed by atoms with Crippen LogP contribution in [0.15, 0.2) is 0 Å². The average Bonchev–Trinajstić information content (AvgIpc) is 2.30. The number of likely N-dealkylation sites (tertiary alicyclic amines) is 1. The Kier molecular flexibility index (Phi) is 5.37. The van der Waals surface area contributed by atoms with Gasteiger partial charge in [0.1, 0.15) is 0 Å². The van der Waals surface area contributed by atoms with Crippen molar-refractivity contribution in [3.63, 3.8) is 0 Å². The Balaban J connectivity index is 2.33. The standard InChI is InChI=1S/C11H21N3O3/c1-14-7-8(3-4-10(14)15)13-11(16)9(12)5-6-17-2/h8-9H,3-7,12H2,1-2H3,(H,13,16). The molecule has 6 heteroatoms. The number of rotatable bonds is 5. The fourth-order valence-electron chi connectivity index (χ4n) is 1.81. The molecule has 2 amide bonds. The highest BCUT2D eigenvalue weighted by Gasteiger charge is 2.25. The van der Waals surface area contributed by atoms with Crippen molar-refractivity contribution in [3.8, 4) is 0 Å². The van der Waals surface area contributed by atoms with E-state index in [0.29, 0.717) is 32.4 Å². The maximum atomic E-state index is 11.7. The van der Waals surface area contributed by atoms with Gasteiger partial charge in [-0.15, -0.1) is 0 Å². The lowest BCUT2D eigenvalue weighted by Gasteiger charge is -2.30. The number of carbonyl (C=O) groups is 2. The van der Waals surface area contributed by atoms with Gasteiger partial charge in [-0.2, -0.15) is 0 Å². The molecule has 1 aliphatic rings. The van der Waals surface area contributed by atoms with E-state index in [1.54, 1.807) is 19.1 Å². The number of amides is 2. The number of nitrogens with zero attached hydrogens (tertiary/aromatic N) is 1. The summed E-state index contributed by atoms with van der Waals surface area (Å²) in [5.74, 6) is -0.0472. The van der Waals surface area contributed by atoms with Crippen LogP contribution < -0.4 is 11.1 Å². The molecule has 98 valence electrons. The van der Waals surface area contributed by atoms with E-state index in [1.165, 1.54) is 0 Å². The van der Waals surface area contributed by atoms with Crippen molar-refractivity contribution in [3.05, 3.63) is 0 Å². The molecule has 1 saturated heterocycles. The molecule has 1 rings (SSSR count). The topological polar surface area (TPSA) is 84.7 Å². The first-order valence-electron chi connectivity index (χ1n) is 5.83. The summed E-state index contributed by atoms with van der Waals surface area (Å²) in [5, 5.41) is 2.87. The van der Waals surface area contributed by atoms with Crippen LogP contribution in [0.1, 0.15) is 19.3 Å². The zero-order valence-electron chi connectivity index (χ0n) is 10.4. The van der Waals surface area contributed by atoms with Crippen LogP contribution in [-0.4, -0.2) is 56.1 Å². The Morgan fingerprint density at radius 2 is 2.41 bits per heavy atom. The molecule has 1 fully saturated rings. The second kappa shape index (κ2) is 6.56. The van der Waals surface area contributed by atoms with Crippen molar-refractivity contribution in [2.24, 2.45) is 5.73 Å². The van der Waals surface area contributed by atoms with Gasteiger partial charge in [0.15, 0.2) is 0 Å². The van der Waals surface area contributed by atoms with E-state index in [9.17, 15) is 9.59 Å². The third kappa shape index (κ3) is 4.32. The quantitative estimate of drug-likeness (QED) is 0.654. The van der Waals surface area contributed by atoms with E-state index in [4.69, 9.17) is 10.5 Å². The number of methoxy groups -OCH3 is 1. The summed E-state index contributed by atoms with van der Waals surface area (Å²) >= 11 is 0. The zero-order valence-corrected chi connectivity index (χ0v) is 10.4. The van der Waals surface area contributed by atoms with Gasteiger partial charge in [0.05, 0.1) is 6.04 Å². The molecule has 6 nitrogen and oxygen atoms in total. The third-order valence-electron chi connectivity index (χ3n) is 2.94. The minimum Gasteiger partial charge on any atom is -0.385 e. The molecule has 0 saturated carbocycles. The van der Waals surface area contributed by atoms with E-state index in [2.05, 4.69) is 5.32 Å². The van der Waals surface area contributed by atoms with Gasteiger partial charge >= 0.3 is 0 Å². The minimum absolute atomic E-state index is 0.0128. The predicted octanol–water partition coefficient (Wildman–Crippen LogP) is -0.913. The molecule has 2 atom stereocenters. The monoisotopic (exact) mass is 243 g/mol. The lowest BCUT2D eigenvalue weighted by molar-refractivity contribution is -0.134. The average molecular weight is 243 g/mol. The van der Waals surface area contributed by atoms with Crippen molar-refractivity contribution in [1.29, 1.82) is 0 Å². The van der Waals surface area contributed by atoms with Gasteiger partial charge in [-0.1, -0.05) is 0 Å². The Morgan fingerprint density at radius 3 is 3.00 bits per heavy atom. The van der Waals surface area contributed by atoms with Crippen LogP contribution in [0.5, 0.6) is 0 Å². The lowest BCUT2D eigenvalue weighted by Crippen LogP contribution is -2.52. The van der Waals surface area contributed by atoms with Crippen molar-refractivity contribution in [2.45, 2.75) is 31.3 Å². The first-order valence-corrected chi connectivity index (χ1v) is 5.83. The highest BCUT2D eigenvalue weighted by atomic mass is 16.5.